The lowest BCUT2D eigenvalue weighted by molar-refractivity contribution is 0.487. The van der Waals surface area contributed by atoms with Crippen molar-refractivity contribution in [2.24, 2.45) is 0 Å². The number of hydrogen-bond donors (Lipinski definition) is 0. The van der Waals surface area contributed by atoms with Crippen LogP contribution in [0.15, 0.2) is 188 Å². The molecule has 0 atom stereocenters. The Morgan fingerprint density at radius 2 is 1.04 bits per heavy atom. The van der Waals surface area contributed by atoms with Crippen molar-refractivity contribution >= 4 is 51.0 Å². The van der Waals surface area contributed by atoms with Crippen LogP contribution in [0.1, 0.15) is 0 Å². The van der Waals surface area contributed by atoms with Gasteiger partial charge in [-0.3, -0.25) is 0 Å². The molecule has 0 saturated carbocycles. The van der Waals surface area contributed by atoms with E-state index in [0.717, 1.165) is 33.9 Å². The molecule has 8 aromatic carbocycles. The second kappa shape index (κ2) is 11.4. The van der Waals surface area contributed by atoms with Gasteiger partial charge in [-0.2, -0.15) is 0 Å². The van der Waals surface area contributed by atoms with Crippen molar-refractivity contribution in [3.8, 4) is 50.6 Å². The monoisotopic (exact) mass is 662 g/mol. The Labute approximate surface area is 302 Å². The Balaban J connectivity index is 1.17. The zero-order valence-electron chi connectivity index (χ0n) is 28.3. The van der Waals surface area contributed by atoms with E-state index in [-0.39, 0.29) is 6.85 Å². The molecule has 2 aliphatic heterocycles. The fourth-order valence-electron chi connectivity index (χ4n) is 8.54. The van der Waals surface area contributed by atoms with Crippen LogP contribution >= 0.6 is 0 Å². The molecule has 1 aromatic heterocycles. The number of nitrogens with zero attached hydrogens (tertiary/aromatic N) is 2. The van der Waals surface area contributed by atoms with E-state index in [1.807, 2.05) is 0 Å². The molecule has 4 heteroatoms. The highest BCUT2D eigenvalue weighted by molar-refractivity contribution is 6.92. The Kier molecular flexibility index (Phi) is 6.35. The van der Waals surface area contributed by atoms with Gasteiger partial charge in [-0.15, -0.1) is 0 Å². The van der Waals surface area contributed by atoms with Gasteiger partial charge in [0, 0.05) is 44.9 Å². The van der Waals surface area contributed by atoms with Crippen molar-refractivity contribution in [1.82, 2.24) is 4.57 Å². The van der Waals surface area contributed by atoms with Crippen LogP contribution in [0.2, 0.25) is 0 Å². The van der Waals surface area contributed by atoms with Crippen LogP contribution in [-0.2, 0) is 0 Å². The van der Waals surface area contributed by atoms with Crippen LogP contribution in [0, 0.1) is 0 Å². The lowest BCUT2D eigenvalue weighted by Crippen LogP contribution is -2.59. The predicted molar refractivity (Wildman–Crippen MR) is 217 cm³/mol. The molecule has 0 fully saturated rings. The van der Waals surface area contributed by atoms with E-state index in [0.29, 0.717) is 0 Å². The Hall–Kier alpha value is -6.78. The van der Waals surface area contributed by atoms with Gasteiger partial charge < -0.3 is 14.1 Å². The molecule has 0 unspecified atom stereocenters. The Morgan fingerprint density at radius 1 is 0.404 bits per heavy atom. The minimum atomic E-state index is -0.105. The second-order valence-electron chi connectivity index (χ2n) is 13.7. The third-order valence-electron chi connectivity index (χ3n) is 10.8. The summed E-state index contributed by atoms with van der Waals surface area (Å²) in [6.45, 7) is -0.105. The van der Waals surface area contributed by atoms with Gasteiger partial charge in [0.05, 0.1) is 11.0 Å². The first-order valence-corrected chi connectivity index (χ1v) is 17.9. The van der Waals surface area contributed by atoms with Crippen LogP contribution in [-0.4, -0.2) is 11.4 Å². The van der Waals surface area contributed by atoms with E-state index in [1.54, 1.807) is 0 Å². The first-order valence-electron chi connectivity index (χ1n) is 17.9. The maximum absolute atomic E-state index is 7.10. The predicted octanol–water partition coefficient (Wildman–Crippen LogP) is 11.1. The average Bonchev–Trinajstić information content (AvgIpc) is 3.55. The van der Waals surface area contributed by atoms with Crippen LogP contribution in [0.4, 0.5) is 11.4 Å². The van der Waals surface area contributed by atoms with Crippen molar-refractivity contribution in [3.05, 3.63) is 188 Å². The van der Waals surface area contributed by atoms with E-state index < -0.39 is 0 Å². The molecule has 0 aliphatic carbocycles. The molecule has 0 bridgehead atoms. The number of anilines is 2. The van der Waals surface area contributed by atoms with Crippen LogP contribution < -0.4 is 20.5 Å². The van der Waals surface area contributed by atoms with Crippen molar-refractivity contribution in [2.75, 3.05) is 4.81 Å². The molecule has 0 spiro atoms. The first kappa shape index (κ1) is 29.0. The van der Waals surface area contributed by atoms with Crippen molar-refractivity contribution < 1.29 is 4.74 Å². The number of benzene rings is 8. The van der Waals surface area contributed by atoms with Gasteiger partial charge in [-0.25, -0.2) is 0 Å². The molecule has 3 nitrogen and oxygen atoms in total. The zero-order valence-corrected chi connectivity index (χ0v) is 28.3. The van der Waals surface area contributed by atoms with Crippen molar-refractivity contribution in [2.45, 2.75) is 0 Å². The fraction of sp³-hybridized carbons (Fsp3) is 0. The first-order chi connectivity index (χ1) is 25.8. The molecule has 242 valence electrons. The standard InChI is InChI=1S/C48H31BN2O/c1-3-14-32(15-4-1)34-18-13-19-37(28-34)51-45-25-12-9-22-40(45)41-29-35(33-16-5-2-6-17-33)30-47-48(41)49(51)42-27-26-36(31-46(42)52-47)50-43-23-10-7-20-38(43)39-21-8-11-24-44(39)50/h1-31H. The number of para-hydroxylation sites is 3. The van der Waals surface area contributed by atoms with E-state index in [4.69, 9.17) is 4.74 Å². The molecule has 0 saturated heterocycles. The fourth-order valence-corrected chi connectivity index (χ4v) is 8.54. The van der Waals surface area contributed by atoms with Gasteiger partial charge in [0.15, 0.2) is 0 Å². The highest BCUT2D eigenvalue weighted by Crippen LogP contribution is 2.46. The SMILES string of the molecule is c1ccc(-c2cccc(N3B4c5ccc(-n6c7ccccc7c7ccccc76)cc5Oc5cc(-c6ccccc6)cc(c54)-c4ccccc43)c2)cc1. The summed E-state index contributed by atoms with van der Waals surface area (Å²) in [6.07, 6.45) is 0. The quantitative estimate of drug-likeness (QED) is 0.175. The van der Waals surface area contributed by atoms with E-state index in [1.165, 1.54) is 60.8 Å². The molecular weight excluding hydrogens is 631 g/mol. The van der Waals surface area contributed by atoms with Gasteiger partial charge in [-0.1, -0.05) is 133 Å². The molecule has 0 radical (unpaired) electrons. The van der Waals surface area contributed by atoms with Crippen LogP contribution in [0.25, 0.3) is 60.9 Å². The maximum Gasteiger partial charge on any atom is 0.336 e. The number of aromatic nitrogens is 1. The summed E-state index contributed by atoms with van der Waals surface area (Å²) in [7, 11) is 0. The largest absolute Gasteiger partial charge is 0.458 e. The molecule has 0 N–H and O–H groups in total. The summed E-state index contributed by atoms with van der Waals surface area (Å²) >= 11 is 0. The number of hydrogen-bond acceptors (Lipinski definition) is 2. The summed E-state index contributed by atoms with van der Waals surface area (Å²) in [5.41, 5.74) is 15.2. The number of fused-ring (bicyclic) bond motifs is 7. The van der Waals surface area contributed by atoms with Gasteiger partial charge in [-0.05, 0) is 81.8 Å². The number of ether oxygens (including phenoxy) is 1. The molecular formula is C48H31BN2O. The summed E-state index contributed by atoms with van der Waals surface area (Å²) in [6, 6.07) is 67.8. The third-order valence-corrected chi connectivity index (χ3v) is 10.8. The van der Waals surface area contributed by atoms with Gasteiger partial charge in [0.1, 0.15) is 11.5 Å². The maximum atomic E-state index is 7.10. The zero-order chi connectivity index (χ0) is 34.2. The summed E-state index contributed by atoms with van der Waals surface area (Å²) < 4.78 is 9.47. The topological polar surface area (TPSA) is 17.4 Å². The lowest BCUT2D eigenvalue weighted by atomic mass is 9.44. The summed E-state index contributed by atoms with van der Waals surface area (Å²) in [5, 5.41) is 2.49. The van der Waals surface area contributed by atoms with Gasteiger partial charge in [0.2, 0.25) is 0 Å². The van der Waals surface area contributed by atoms with E-state index in [2.05, 4.69) is 197 Å². The highest BCUT2D eigenvalue weighted by atomic mass is 16.5. The Morgan fingerprint density at radius 3 is 1.79 bits per heavy atom. The molecule has 52 heavy (non-hydrogen) atoms. The van der Waals surface area contributed by atoms with Crippen molar-refractivity contribution in [3.63, 3.8) is 0 Å². The molecule has 9 aromatic rings. The smallest absolute Gasteiger partial charge is 0.336 e. The van der Waals surface area contributed by atoms with E-state index >= 15 is 0 Å². The molecule has 3 heterocycles. The lowest BCUT2D eigenvalue weighted by Gasteiger charge is -2.42. The minimum absolute atomic E-state index is 0.105. The normalized spacial score (nSPS) is 12.7. The summed E-state index contributed by atoms with van der Waals surface area (Å²) in [4.78, 5) is 2.53. The second-order valence-corrected chi connectivity index (χ2v) is 13.7. The third kappa shape index (κ3) is 4.34. The Bertz CT molecular complexity index is 2790. The average molecular weight is 663 g/mol. The number of rotatable bonds is 4. The van der Waals surface area contributed by atoms with Gasteiger partial charge in [0.25, 0.3) is 0 Å². The minimum Gasteiger partial charge on any atom is -0.458 e. The summed E-state index contributed by atoms with van der Waals surface area (Å²) in [5.74, 6) is 1.77. The van der Waals surface area contributed by atoms with E-state index in [9.17, 15) is 0 Å². The molecule has 0 amide bonds. The molecule has 2 aliphatic rings. The van der Waals surface area contributed by atoms with Crippen LogP contribution in [0.5, 0.6) is 11.5 Å². The van der Waals surface area contributed by atoms with Gasteiger partial charge >= 0.3 is 6.85 Å². The van der Waals surface area contributed by atoms with Crippen molar-refractivity contribution in [1.29, 1.82) is 0 Å². The highest BCUT2D eigenvalue weighted by Gasteiger charge is 2.44. The van der Waals surface area contributed by atoms with Crippen LogP contribution in [0.3, 0.4) is 0 Å². The molecule has 11 rings (SSSR count).